The van der Waals surface area contributed by atoms with Crippen LogP contribution in [0.3, 0.4) is 0 Å². The van der Waals surface area contributed by atoms with Crippen LogP contribution < -0.4 is 5.32 Å². The van der Waals surface area contributed by atoms with Gasteiger partial charge >= 0.3 is 0 Å². The molecule has 26 heavy (non-hydrogen) atoms. The first kappa shape index (κ1) is 16.1. The first-order valence-electron chi connectivity index (χ1n) is 8.55. The number of amides is 1. The molecule has 1 N–H and O–H groups in total. The molecule has 0 aliphatic heterocycles. The van der Waals surface area contributed by atoms with E-state index in [2.05, 4.69) is 22.4 Å². The molecule has 2 heterocycles. The zero-order chi connectivity index (χ0) is 17.9. The van der Waals surface area contributed by atoms with Crippen molar-refractivity contribution in [1.82, 2.24) is 14.7 Å². The lowest BCUT2D eigenvalue weighted by atomic mass is 10.1. The number of fused-ring (bicyclic) bond motifs is 1. The van der Waals surface area contributed by atoms with E-state index < -0.39 is 0 Å². The molecule has 6 nitrogen and oxygen atoms in total. The summed E-state index contributed by atoms with van der Waals surface area (Å²) >= 11 is 0. The predicted octanol–water partition coefficient (Wildman–Crippen LogP) is 4.35. The minimum atomic E-state index is -0.344. The van der Waals surface area contributed by atoms with Crippen LogP contribution in [0.15, 0.2) is 65.2 Å². The van der Waals surface area contributed by atoms with E-state index in [4.69, 9.17) is 4.52 Å². The summed E-state index contributed by atoms with van der Waals surface area (Å²) in [7, 11) is 0. The summed E-state index contributed by atoms with van der Waals surface area (Å²) in [6, 6.07) is 19.0. The fraction of sp³-hybridized carbons (Fsp3) is 0.150. The second kappa shape index (κ2) is 6.84. The molecule has 0 bridgehead atoms. The summed E-state index contributed by atoms with van der Waals surface area (Å²) in [4.78, 5) is 17.1. The van der Waals surface area contributed by atoms with E-state index in [-0.39, 0.29) is 11.6 Å². The summed E-state index contributed by atoms with van der Waals surface area (Å²) in [5.74, 6) is 0.726. The van der Waals surface area contributed by atoms with Crippen molar-refractivity contribution in [3.8, 4) is 11.3 Å². The van der Waals surface area contributed by atoms with Gasteiger partial charge in [-0.25, -0.2) is 4.98 Å². The van der Waals surface area contributed by atoms with E-state index >= 15 is 0 Å². The molecular weight excluding hydrogens is 328 g/mol. The van der Waals surface area contributed by atoms with Gasteiger partial charge in [0, 0.05) is 18.2 Å². The third-order valence-corrected chi connectivity index (χ3v) is 4.13. The van der Waals surface area contributed by atoms with E-state index in [9.17, 15) is 4.79 Å². The zero-order valence-electron chi connectivity index (χ0n) is 14.3. The van der Waals surface area contributed by atoms with Gasteiger partial charge in [0.15, 0.2) is 11.5 Å². The third kappa shape index (κ3) is 2.97. The highest BCUT2D eigenvalue weighted by molar-refractivity contribution is 6.03. The summed E-state index contributed by atoms with van der Waals surface area (Å²) in [6.07, 6.45) is 0.936. The number of nitrogens with zero attached hydrogens (tertiary/aromatic N) is 3. The largest absolute Gasteiger partial charge is 0.355 e. The molecule has 2 aromatic carbocycles. The van der Waals surface area contributed by atoms with E-state index in [1.165, 1.54) is 0 Å². The molecule has 0 atom stereocenters. The number of benzene rings is 2. The molecule has 0 fully saturated rings. The molecule has 0 aliphatic rings. The third-order valence-electron chi connectivity index (χ3n) is 4.13. The van der Waals surface area contributed by atoms with E-state index in [1.807, 2.05) is 59.2 Å². The summed E-state index contributed by atoms with van der Waals surface area (Å²) in [5, 5.41) is 6.75. The van der Waals surface area contributed by atoms with E-state index in [1.54, 1.807) is 6.07 Å². The lowest BCUT2D eigenvalue weighted by Crippen LogP contribution is -2.16. The standard InChI is InChI=1S/C20H18N4O2/c1-2-12-24-17-11-7-6-10-15(17)21-20(24)22-19(25)16-13-18(26-23-16)14-8-4-3-5-9-14/h3-11,13H,2,12H2,1H3,(H,21,22,25). The van der Waals surface area contributed by atoms with Gasteiger partial charge in [-0.15, -0.1) is 0 Å². The van der Waals surface area contributed by atoms with Gasteiger partial charge in [-0.3, -0.25) is 10.1 Å². The average Bonchev–Trinajstić information content (AvgIpc) is 3.29. The van der Waals surface area contributed by atoms with Crippen molar-refractivity contribution in [3.63, 3.8) is 0 Å². The molecule has 2 aromatic heterocycles. The van der Waals surface area contributed by atoms with Crippen LogP contribution in [0.5, 0.6) is 0 Å². The van der Waals surface area contributed by atoms with E-state index in [0.29, 0.717) is 11.7 Å². The van der Waals surface area contributed by atoms with Crippen LogP contribution in [0.1, 0.15) is 23.8 Å². The molecule has 0 unspecified atom stereocenters. The van der Waals surface area contributed by atoms with Gasteiger partial charge in [-0.05, 0) is 18.6 Å². The molecule has 4 aromatic rings. The van der Waals surface area contributed by atoms with Gasteiger partial charge in [0.05, 0.1) is 11.0 Å². The summed E-state index contributed by atoms with van der Waals surface area (Å²) < 4.78 is 7.31. The van der Waals surface area contributed by atoms with Crippen LogP contribution in [0.4, 0.5) is 5.95 Å². The topological polar surface area (TPSA) is 73.0 Å². The van der Waals surface area contributed by atoms with Gasteiger partial charge in [-0.1, -0.05) is 54.5 Å². The number of hydrogen-bond acceptors (Lipinski definition) is 4. The van der Waals surface area contributed by atoms with Crippen LogP contribution >= 0.6 is 0 Å². The Morgan fingerprint density at radius 1 is 1.12 bits per heavy atom. The maximum atomic E-state index is 12.6. The molecule has 4 rings (SSSR count). The van der Waals surface area contributed by atoms with Gasteiger partial charge in [-0.2, -0.15) is 0 Å². The molecule has 0 saturated heterocycles. The molecule has 0 saturated carbocycles. The lowest BCUT2D eigenvalue weighted by molar-refractivity contribution is 0.101. The van der Waals surface area contributed by atoms with Gasteiger partial charge in [0.1, 0.15) is 0 Å². The Balaban J connectivity index is 1.62. The van der Waals surface area contributed by atoms with Crippen molar-refractivity contribution in [2.45, 2.75) is 19.9 Å². The highest BCUT2D eigenvalue weighted by Gasteiger charge is 2.17. The number of para-hydroxylation sites is 2. The first-order valence-corrected chi connectivity index (χ1v) is 8.55. The smallest absolute Gasteiger partial charge is 0.280 e. The van der Waals surface area contributed by atoms with Gasteiger partial charge in [0.25, 0.3) is 5.91 Å². The first-order chi connectivity index (χ1) is 12.8. The minimum absolute atomic E-state index is 0.221. The second-order valence-electron chi connectivity index (χ2n) is 5.97. The SMILES string of the molecule is CCCn1c(NC(=O)c2cc(-c3ccccc3)on2)nc2ccccc21. The maximum Gasteiger partial charge on any atom is 0.280 e. The number of hydrogen-bond donors (Lipinski definition) is 1. The van der Waals surface area contributed by atoms with Crippen molar-refractivity contribution < 1.29 is 9.32 Å². The second-order valence-corrected chi connectivity index (χ2v) is 5.97. The summed E-state index contributed by atoms with van der Waals surface area (Å²) in [5.41, 5.74) is 2.94. The Morgan fingerprint density at radius 3 is 2.69 bits per heavy atom. The average molecular weight is 346 g/mol. The minimum Gasteiger partial charge on any atom is -0.355 e. The van der Waals surface area contributed by atoms with Crippen LogP contribution in [0.25, 0.3) is 22.4 Å². The van der Waals surface area contributed by atoms with Crippen LogP contribution in [0.2, 0.25) is 0 Å². The Bertz CT molecular complexity index is 1050. The number of carbonyl (C=O) groups is 1. The number of imidazole rings is 1. The highest BCUT2D eigenvalue weighted by Crippen LogP contribution is 2.22. The normalized spacial score (nSPS) is 11.0. The number of aromatic nitrogens is 3. The molecule has 0 radical (unpaired) electrons. The Hall–Kier alpha value is -3.41. The Labute approximate surface area is 150 Å². The number of anilines is 1. The van der Waals surface area contributed by atoms with Crippen LogP contribution in [-0.2, 0) is 6.54 Å². The molecule has 0 spiro atoms. The number of aryl methyl sites for hydroxylation is 1. The maximum absolute atomic E-state index is 12.6. The van der Waals surface area contributed by atoms with Gasteiger partial charge in [0.2, 0.25) is 5.95 Å². The quantitative estimate of drug-likeness (QED) is 0.583. The van der Waals surface area contributed by atoms with Crippen molar-refractivity contribution in [2.24, 2.45) is 0 Å². The molecule has 130 valence electrons. The predicted molar refractivity (Wildman–Crippen MR) is 99.9 cm³/mol. The Morgan fingerprint density at radius 2 is 1.88 bits per heavy atom. The Kier molecular flexibility index (Phi) is 4.23. The highest BCUT2D eigenvalue weighted by atomic mass is 16.5. The van der Waals surface area contributed by atoms with Crippen LogP contribution in [-0.4, -0.2) is 20.6 Å². The molecule has 6 heteroatoms. The monoisotopic (exact) mass is 346 g/mol. The number of nitrogens with one attached hydrogen (secondary N) is 1. The van der Waals surface area contributed by atoms with Gasteiger partial charge < -0.3 is 9.09 Å². The lowest BCUT2D eigenvalue weighted by Gasteiger charge is -2.07. The fourth-order valence-electron chi connectivity index (χ4n) is 2.91. The molecular formula is C20H18N4O2. The fourth-order valence-corrected chi connectivity index (χ4v) is 2.91. The van der Waals surface area contributed by atoms with Crippen molar-refractivity contribution >= 4 is 22.9 Å². The van der Waals surface area contributed by atoms with Crippen LogP contribution in [0, 0.1) is 0 Å². The molecule has 0 aliphatic carbocycles. The number of carbonyl (C=O) groups excluding carboxylic acids is 1. The van der Waals surface area contributed by atoms with E-state index in [0.717, 1.165) is 29.6 Å². The molecule has 1 amide bonds. The summed E-state index contributed by atoms with van der Waals surface area (Å²) in [6.45, 7) is 2.86. The van der Waals surface area contributed by atoms with Crippen molar-refractivity contribution in [1.29, 1.82) is 0 Å². The van der Waals surface area contributed by atoms with Crippen molar-refractivity contribution in [2.75, 3.05) is 5.32 Å². The zero-order valence-corrected chi connectivity index (χ0v) is 14.3. The number of rotatable bonds is 5. The van der Waals surface area contributed by atoms with Crippen molar-refractivity contribution in [3.05, 3.63) is 66.4 Å².